The number of rotatable bonds is 2. The fourth-order valence-electron chi connectivity index (χ4n) is 2.98. The Morgan fingerprint density at radius 2 is 2.04 bits per heavy atom. The molecule has 126 valence electrons. The second kappa shape index (κ2) is 6.45. The van der Waals surface area contributed by atoms with Gasteiger partial charge in [-0.3, -0.25) is 14.8 Å². The number of ether oxygens (including phenoxy) is 1. The van der Waals surface area contributed by atoms with Crippen molar-refractivity contribution in [3.05, 3.63) is 60.2 Å². The molecule has 1 fully saturated rings. The summed E-state index contributed by atoms with van der Waals surface area (Å²) in [6.07, 6.45) is 4.35. The third-order valence-corrected chi connectivity index (χ3v) is 4.25. The molecule has 1 saturated heterocycles. The minimum atomic E-state index is -0.375. The maximum Gasteiger partial charge on any atom is 0.255 e. The van der Waals surface area contributed by atoms with Crippen LogP contribution >= 0.6 is 0 Å². The van der Waals surface area contributed by atoms with E-state index in [1.165, 1.54) is 6.20 Å². The molecule has 0 spiro atoms. The second-order valence-corrected chi connectivity index (χ2v) is 5.85. The molecule has 1 aliphatic rings. The Kier molecular flexibility index (Phi) is 3.99. The summed E-state index contributed by atoms with van der Waals surface area (Å²) in [6, 6.07) is 9.59. The SMILES string of the molecule is Nc1nccnc1C1CN(C(=O)c2cnc3ccccc3c2)CCO1. The van der Waals surface area contributed by atoms with E-state index < -0.39 is 0 Å². The molecular formula is C18H17N5O2. The van der Waals surface area contributed by atoms with E-state index in [0.717, 1.165) is 10.9 Å². The van der Waals surface area contributed by atoms with Crippen molar-refractivity contribution in [1.29, 1.82) is 0 Å². The van der Waals surface area contributed by atoms with Crippen LogP contribution in [-0.4, -0.2) is 45.5 Å². The first-order valence-corrected chi connectivity index (χ1v) is 8.04. The number of carbonyl (C=O) groups excluding carboxylic acids is 1. The highest BCUT2D eigenvalue weighted by Gasteiger charge is 2.28. The molecule has 3 heterocycles. The predicted molar refractivity (Wildman–Crippen MR) is 92.8 cm³/mol. The summed E-state index contributed by atoms with van der Waals surface area (Å²) in [4.78, 5) is 27.3. The number of nitrogen functional groups attached to an aromatic ring is 1. The third-order valence-electron chi connectivity index (χ3n) is 4.25. The molecular weight excluding hydrogens is 318 g/mol. The number of para-hydroxylation sites is 1. The molecule has 1 atom stereocenters. The van der Waals surface area contributed by atoms with Crippen LogP contribution in [0, 0.1) is 0 Å². The molecule has 1 unspecified atom stereocenters. The van der Waals surface area contributed by atoms with Gasteiger partial charge >= 0.3 is 0 Å². The lowest BCUT2D eigenvalue weighted by Gasteiger charge is -2.32. The van der Waals surface area contributed by atoms with E-state index >= 15 is 0 Å². The van der Waals surface area contributed by atoms with Gasteiger partial charge in [-0.1, -0.05) is 18.2 Å². The number of pyridine rings is 1. The average molecular weight is 335 g/mol. The molecule has 1 aliphatic heterocycles. The third kappa shape index (κ3) is 3.01. The molecule has 2 N–H and O–H groups in total. The number of anilines is 1. The number of benzene rings is 1. The van der Waals surface area contributed by atoms with Gasteiger partial charge in [0.15, 0.2) is 0 Å². The van der Waals surface area contributed by atoms with Crippen LogP contribution in [0.2, 0.25) is 0 Å². The minimum Gasteiger partial charge on any atom is -0.382 e. The van der Waals surface area contributed by atoms with Gasteiger partial charge in [-0.2, -0.15) is 0 Å². The Bertz CT molecular complexity index is 930. The highest BCUT2D eigenvalue weighted by Crippen LogP contribution is 2.25. The number of hydrogen-bond donors (Lipinski definition) is 1. The minimum absolute atomic E-state index is 0.0750. The number of hydrogen-bond acceptors (Lipinski definition) is 6. The van der Waals surface area contributed by atoms with Crippen molar-refractivity contribution in [3.8, 4) is 0 Å². The van der Waals surface area contributed by atoms with E-state index in [9.17, 15) is 4.79 Å². The van der Waals surface area contributed by atoms with Gasteiger partial charge in [0.25, 0.3) is 5.91 Å². The quantitative estimate of drug-likeness (QED) is 0.768. The Morgan fingerprint density at radius 3 is 2.92 bits per heavy atom. The van der Waals surface area contributed by atoms with E-state index in [-0.39, 0.29) is 12.0 Å². The van der Waals surface area contributed by atoms with Crippen molar-refractivity contribution < 1.29 is 9.53 Å². The first-order chi connectivity index (χ1) is 12.2. The van der Waals surface area contributed by atoms with Crippen LogP contribution in [0.25, 0.3) is 10.9 Å². The molecule has 2 aromatic heterocycles. The largest absolute Gasteiger partial charge is 0.382 e. The zero-order valence-corrected chi connectivity index (χ0v) is 13.5. The summed E-state index contributed by atoms with van der Waals surface area (Å²) in [5.74, 6) is 0.253. The summed E-state index contributed by atoms with van der Waals surface area (Å²) >= 11 is 0. The van der Waals surface area contributed by atoms with Crippen molar-refractivity contribution >= 4 is 22.6 Å². The Hall–Kier alpha value is -3.06. The molecule has 7 heteroatoms. The smallest absolute Gasteiger partial charge is 0.255 e. The summed E-state index contributed by atoms with van der Waals surface area (Å²) in [7, 11) is 0. The molecule has 0 bridgehead atoms. The fourth-order valence-corrected chi connectivity index (χ4v) is 2.98. The van der Waals surface area contributed by atoms with Gasteiger partial charge in [0.2, 0.25) is 0 Å². The zero-order chi connectivity index (χ0) is 17.2. The van der Waals surface area contributed by atoms with Crippen molar-refractivity contribution in [3.63, 3.8) is 0 Å². The first-order valence-electron chi connectivity index (χ1n) is 8.04. The number of amides is 1. The van der Waals surface area contributed by atoms with E-state index in [0.29, 0.717) is 36.8 Å². The Morgan fingerprint density at radius 1 is 1.20 bits per heavy atom. The zero-order valence-electron chi connectivity index (χ0n) is 13.5. The molecule has 7 nitrogen and oxygen atoms in total. The molecule has 25 heavy (non-hydrogen) atoms. The van der Waals surface area contributed by atoms with E-state index in [2.05, 4.69) is 15.0 Å². The normalized spacial score (nSPS) is 17.6. The molecule has 0 aliphatic carbocycles. The van der Waals surface area contributed by atoms with E-state index in [1.54, 1.807) is 17.3 Å². The number of fused-ring (bicyclic) bond motifs is 1. The highest BCUT2D eigenvalue weighted by atomic mass is 16.5. The number of nitrogens with two attached hydrogens (primary N) is 1. The highest BCUT2D eigenvalue weighted by molar-refractivity contribution is 5.97. The number of morpholine rings is 1. The van der Waals surface area contributed by atoms with Crippen molar-refractivity contribution in [2.24, 2.45) is 0 Å². The topological polar surface area (TPSA) is 94.2 Å². The van der Waals surface area contributed by atoms with E-state index in [1.807, 2.05) is 30.3 Å². The fraction of sp³-hybridized carbons (Fsp3) is 0.222. The van der Waals surface area contributed by atoms with Crippen molar-refractivity contribution in [1.82, 2.24) is 19.9 Å². The lowest BCUT2D eigenvalue weighted by molar-refractivity contribution is -0.0245. The monoisotopic (exact) mass is 335 g/mol. The van der Waals surface area contributed by atoms with Crippen LogP contribution in [0.3, 0.4) is 0 Å². The van der Waals surface area contributed by atoms with Crippen LogP contribution in [0.4, 0.5) is 5.82 Å². The van der Waals surface area contributed by atoms with Crippen LogP contribution < -0.4 is 5.73 Å². The predicted octanol–water partition coefficient (Wildman–Crippen LogP) is 1.82. The molecule has 0 saturated carbocycles. The maximum absolute atomic E-state index is 12.9. The lowest BCUT2D eigenvalue weighted by Crippen LogP contribution is -2.42. The van der Waals surface area contributed by atoms with Gasteiger partial charge in [-0.25, -0.2) is 4.98 Å². The Balaban J connectivity index is 1.58. The van der Waals surface area contributed by atoms with Crippen molar-refractivity contribution in [2.45, 2.75) is 6.10 Å². The lowest BCUT2D eigenvalue weighted by atomic mass is 10.1. The van der Waals surface area contributed by atoms with Gasteiger partial charge in [-0.15, -0.1) is 0 Å². The summed E-state index contributed by atoms with van der Waals surface area (Å²) < 4.78 is 5.74. The van der Waals surface area contributed by atoms with Gasteiger partial charge in [0, 0.05) is 30.5 Å². The maximum atomic E-state index is 12.9. The van der Waals surface area contributed by atoms with Crippen LogP contribution in [-0.2, 0) is 4.74 Å². The van der Waals surface area contributed by atoms with Gasteiger partial charge in [0.1, 0.15) is 17.6 Å². The average Bonchev–Trinajstić information content (AvgIpc) is 2.67. The first kappa shape index (κ1) is 15.5. The number of carbonyl (C=O) groups is 1. The molecule has 1 aromatic carbocycles. The second-order valence-electron chi connectivity index (χ2n) is 5.85. The van der Waals surface area contributed by atoms with E-state index in [4.69, 9.17) is 10.5 Å². The molecule has 0 radical (unpaired) electrons. The summed E-state index contributed by atoms with van der Waals surface area (Å²) in [5.41, 5.74) is 7.87. The summed E-state index contributed by atoms with van der Waals surface area (Å²) in [6.45, 7) is 1.32. The van der Waals surface area contributed by atoms with Gasteiger partial charge in [-0.05, 0) is 12.1 Å². The standard InChI is InChI=1S/C18H17N5O2/c19-17-16(20-5-6-21-17)15-11-23(7-8-25-15)18(24)13-9-12-3-1-2-4-14(12)22-10-13/h1-6,9-10,15H,7-8,11H2,(H2,19,21). The van der Waals surface area contributed by atoms with Gasteiger partial charge < -0.3 is 15.4 Å². The van der Waals surface area contributed by atoms with Crippen LogP contribution in [0.15, 0.2) is 48.9 Å². The molecule has 3 aromatic rings. The number of nitrogens with zero attached hydrogens (tertiary/aromatic N) is 4. The Labute approximate surface area is 144 Å². The van der Waals surface area contributed by atoms with Crippen molar-refractivity contribution in [2.75, 3.05) is 25.4 Å². The number of aromatic nitrogens is 3. The van der Waals surface area contributed by atoms with Crippen LogP contribution in [0.1, 0.15) is 22.2 Å². The van der Waals surface area contributed by atoms with Gasteiger partial charge in [0.05, 0.1) is 24.2 Å². The van der Waals surface area contributed by atoms with Crippen LogP contribution in [0.5, 0.6) is 0 Å². The summed E-state index contributed by atoms with van der Waals surface area (Å²) in [5, 5.41) is 0.941. The molecule has 4 rings (SSSR count). The molecule has 1 amide bonds.